The zero-order valence-electron chi connectivity index (χ0n) is 24.7. The van der Waals surface area contributed by atoms with Gasteiger partial charge in [-0.15, -0.1) is 0 Å². The van der Waals surface area contributed by atoms with Crippen molar-refractivity contribution in [3.8, 4) is 0 Å². The molecule has 0 aliphatic heterocycles. The predicted octanol–water partition coefficient (Wildman–Crippen LogP) is 11.0. The second-order valence-electron chi connectivity index (χ2n) is 11.3. The number of hydrogen-bond acceptors (Lipinski definition) is 1. The smallest absolute Gasteiger partial charge is 0.0786 e. The molecule has 208 valence electrons. The van der Waals surface area contributed by atoms with E-state index >= 15 is 0 Å². The Labute approximate surface area is 225 Å². The molecule has 0 aromatic rings. The Kier molecular flexibility index (Phi) is 31.7. The van der Waals surface area contributed by atoms with E-state index in [1.807, 2.05) is 0 Å². The lowest BCUT2D eigenvalue weighted by Gasteiger charge is -2.40. The average molecular weight is 500 g/mol. The van der Waals surface area contributed by atoms with Crippen molar-refractivity contribution < 1.29 is 4.48 Å². The molecule has 0 spiro atoms. The van der Waals surface area contributed by atoms with Crippen molar-refractivity contribution in [2.75, 3.05) is 26.2 Å². The molecule has 0 radical (unpaired) electrons. The molecule has 0 rings (SSSR count). The molecule has 0 heterocycles. The molecule has 0 N–H and O–H groups in total. The summed E-state index contributed by atoms with van der Waals surface area (Å²) in [6.07, 6.45) is 34.8. The minimum atomic E-state index is 0. The summed E-state index contributed by atoms with van der Waals surface area (Å²) >= 11 is 0. The van der Waals surface area contributed by atoms with Crippen LogP contribution in [0, 0.1) is 0 Å². The first-order valence-corrected chi connectivity index (χ1v) is 16.1. The Morgan fingerprint density at radius 2 is 0.441 bits per heavy atom. The summed E-state index contributed by atoms with van der Waals surface area (Å²) in [5, 5.41) is 0. The Balaban J connectivity index is 0. The largest absolute Gasteiger partial charge is 0.813 e. The molecule has 0 aromatic heterocycles. The van der Waals surface area contributed by atoms with Gasteiger partial charge in [0.15, 0.2) is 0 Å². The fourth-order valence-electron chi connectivity index (χ4n) is 5.58. The van der Waals surface area contributed by atoms with Crippen molar-refractivity contribution in [2.45, 2.75) is 182 Å². The predicted molar refractivity (Wildman–Crippen MR) is 162 cm³/mol. The van der Waals surface area contributed by atoms with Gasteiger partial charge in [0.05, 0.1) is 26.2 Å². The molecule has 0 fully saturated rings. The zero-order chi connectivity index (χ0) is 24.3. The lowest BCUT2D eigenvalue weighted by atomic mass is 10.0. The SMILES string of the molecule is CCCCCCCC[N+](CCCCCCCC)(CCCCCCCC)CCCCCCCC.[SH-]. The third-order valence-corrected chi connectivity index (χ3v) is 7.94. The summed E-state index contributed by atoms with van der Waals surface area (Å²) in [5.74, 6) is 0. The fraction of sp³-hybridized carbons (Fsp3) is 1.00. The van der Waals surface area contributed by atoms with Gasteiger partial charge in [-0.3, -0.25) is 0 Å². The quantitative estimate of drug-likeness (QED) is 0.0446. The van der Waals surface area contributed by atoms with Crippen LogP contribution in [0.15, 0.2) is 0 Å². The van der Waals surface area contributed by atoms with Gasteiger partial charge in [0.1, 0.15) is 0 Å². The first kappa shape index (κ1) is 36.5. The third kappa shape index (κ3) is 24.0. The van der Waals surface area contributed by atoms with E-state index in [4.69, 9.17) is 0 Å². The Morgan fingerprint density at radius 1 is 0.265 bits per heavy atom. The number of unbranched alkanes of at least 4 members (excludes halogenated alkanes) is 20. The van der Waals surface area contributed by atoms with Gasteiger partial charge < -0.3 is 18.0 Å². The molecule has 0 bridgehead atoms. The van der Waals surface area contributed by atoms with Gasteiger partial charge in [-0.1, -0.05) is 130 Å². The van der Waals surface area contributed by atoms with E-state index in [0.29, 0.717) is 0 Å². The topological polar surface area (TPSA) is 0 Å². The highest BCUT2D eigenvalue weighted by molar-refractivity contribution is 7.37. The lowest BCUT2D eigenvalue weighted by Crippen LogP contribution is -2.50. The molecule has 0 atom stereocenters. The van der Waals surface area contributed by atoms with Crippen molar-refractivity contribution in [3.05, 3.63) is 0 Å². The van der Waals surface area contributed by atoms with Crippen molar-refractivity contribution >= 4 is 13.5 Å². The Hall–Kier alpha value is 0.310. The van der Waals surface area contributed by atoms with E-state index in [1.165, 1.54) is 185 Å². The lowest BCUT2D eigenvalue weighted by molar-refractivity contribution is -0.929. The van der Waals surface area contributed by atoms with Crippen LogP contribution in [0.5, 0.6) is 0 Å². The highest BCUT2D eigenvalue weighted by Crippen LogP contribution is 2.20. The molecule has 0 aromatic carbocycles. The van der Waals surface area contributed by atoms with E-state index in [2.05, 4.69) is 27.7 Å². The number of quaternary nitrogens is 1. The van der Waals surface area contributed by atoms with Gasteiger partial charge in [0.25, 0.3) is 0 Å². The van der Waals surface area contributed by atoms with Crippen LogP contribution in [0.2, 0.25) is 0 Å². The molecule has 0 aliphatic carbocycles. The highest BCUT2D eigenvalue weighted by Gasteiger charge is 2.25. The zero-order valence-corrected chi connectivity index (χ0v) is 25.6. The van der Waals surface area contributed by atoms with Crippen LogP contribution in [0.25, 0.3) is 0 Å². The third-order valence-electron chi connectivity index (χ3n) is 7.94. The molecule has 2 heteroatoms. The molecular formula is C32H69NS. The van der Waals surface area contributed by atoms with Crippen LogP contribution >= 0.6 is 0 Å². The monoisotopic (exact) mass is 500 g/mol. The maximum absolute atomic E-state index is 2.34. The normalized spacial score (nSPS) is 11.6. The van der Waals surface area contributed by atoms with Gasteiger partial charge in [-0.25, -0.2) is 0 Å². The van der Waals surface area contributed by atoms with Crippen molar-refractivity contribution in [2.24, 2.45) is 0 Å². The first-order valence-electron chi connectivity index (χ1n) is 16.1. The van der Waals surface area contributed by atoms with Gasteiger partial charge in [-0.05, 0) is 51.4 Å². The summed E-state index contributed by atoms with van der Waals surface area (Å²) in [5.41, 5.74) is 0. The fourth-order valence-corrected chi connectivity index (χ4v) is 5.58. The second-order valence-corrected chi connectivity index (χ2v) is 11.3. The summed E-state index contributed by atoms with van der Waals surface area (Å²) in [4.78, 5) is 0. The second kappa shape index (κ2) is 29.5. The molecule has 34 heavy (non-hydrogen) atoms. The standard InChI is InChI=1S/C32H68N.H2S/c1-5-9-13-17-21-25-29-33(30-26-22-18-14-10-6-2,31-27-23-19-15-11-7-3)32-28-24-20-16-12-8-4;/h5-32H2,1-4H3;1H2/q+1;/p-1. The first-order chi connectivity index (χ1) is 16.2. The van der Waals surface area contributed by atoms with E-state index < -0.39 is 0 Å². The van der Waals surface area contributed by atoms with E-state index in [0.717, 1.165) is 0 Å². The summed E-state index contributed by atoms with van der Waals surface area (Å²) in [6, 6.07) is 0. The maximum Gasteiger partial charge on any atom is 0.0786 e. The van der Waals surface area contributed by atoms with Crippen LogP contribution in [-0.4, -0.2) is 30.7 Å². The van der Waals surface area contributed by atoms with Gasteiger partial charge in [0.2, 0.25) is 0 Å². The van der Waals surface area contributed by atoms with Crippen LogP contribution in [0.4, 0.5) is 0 Å². The highest BCUT2D eigenvalue weighted by atomic mass is 32.1. The Bertz CT molecular complexity index is 287. The number of hydrogen-bond donors (Lipinski definition) is 0. The van der Waals surface area contributed by atoms with E-state index in [1.54, 1.807) is 0 Å². The van der Waals surface area contributed by atoms with Crippen molar-refractivity contribution in [1.29, 1.82) is 0 Å². The van der Waals surface area contributed by atoms with E-state index in [-0.39, 0.29) is 13.5 Å². The van der Waals surface area contributed by atoms with E-state index in [9.17, 15) is 0 Å². The average Bonchev–Trinajstić information content (AvgIpc) is 2.83. The van der Waals surface area contributed by atoms with Crippen LogP contribution < -0.4 is 0 Å². The van der Waals surface area contributed by atoms with Crippen LogP contribution in [-0.2, 0) is 13.5 Å². The number of thiol groups is 1. The van der Waals surface area contributed by atoms with Gasteiger partial charge in [0, 0.05) is 0 Å². The molecule has 0 aliphatic rings. The molecule has 0 amide bonds. The van der Waals surface area contributed by atoms with Gasteiger partial charge >= 0.3 is 0 Å². The minimum Gasteiger partial charge on any atom is -0.813 e. The number of nitrogens with zero attached hydrogens (tertiary/aromatic N) is 1. The summed E-state index contributed by atoms with van der Waals surface area (Å²) < 4.78 is 1.48. The van der Waals surface area contributed by atoms with Crippen LogP contribution in [0.3, 0.4) is 0 Å². The summed E-state index contributed by atoms with van der Waals surface area (Å²) in [7, 11) is 0. The number of rotatable bonds is 28. The van der Waals surface area contributed by atoms with Crippen LogP contribution in [0.1, 0.15) is 182 Å². The molecule has 0 saturated carbocycles. The molecule has 1 nitrogen and oxygen atoms in total. The Morgan fingerprint density at radius 3 is 0.647 bits per heavy atom. The summed E-state index contributed by atoms with van der Waals surface area (Å²) in [6.45, 7) is 15.3. The maximum atomic E-state index is 2.34. The van der Waals surface area contributed by atoms with Crippen molar-refractivity contribution in [3.63, 3.8) is 0 Å². The molecular weight excluding hydrogens is 430 g/mol. The molecule has 0 unspecified atom stereocenters. The van der Waals surface area contributed by atoms with Gasteiger partial charge in [-0.2, -0.15) is 0 Å². The molecule has 0 saturated heterocycles. The van der Waals surface area contributed by atoms with Crippen molar-refractivity contribution in [1.82, 2.24) is 0 Å². The minimum absolute atomic E-state index is 0.